The van der Waals surface area contributed by atoms with E-state index < -0.39 is 5.41 Å². The predicted molar refractivity (Wildman–Crippen MR) is 68.3 cm³/mol. The Morgan fingerprint density at radius 2 is 1.67 bits per heavy atom. The third-order valence-corrected chi connectivity index (χ3v) is 5.50. The highest BCUT2D eigenvalue weighted by Gasteiger charge is 2.51. The molecule has 0 radical (unpaired) electrons. The van der Waals surface area contributed by atoms with Crippen molar-refractivity contribution in [2.24, 2.45) is 17.3 Å². The summed E-state index contributed by atoms with van der Waals surface area (Å²) in [5, 5.41) is 22.7. The van der Waals surface area contributed by atoms with Gasteiger partial charge in [-0.15, -0.1) is 0 Å². The first-order chi connectivity index (χ1) is 8.79. The van der Waals surface area contributed by atoms with Gasteiger partial charge in [0.25, 0.3) is 0 Å². The zero-order chi connectivity index (χ0) is 12.6. The topological polar surface area (TPSA) is 59.6 Å². The van der Waals surface area contributed by atoms with E-state index in [1.165, 1.54) is 25.7 Å². The highest BCUT2D eigenvalue weighted by molar-refractivity contribution is 5.21. The summed E-state index contributed by atoms with van der Waals surface area (Å²) in [5.41, 5.74) is -0.710. The molecule has 3 fully saturated rings. The number of piperidine rings is 1. The van der Waals surface area contributed by atoms with Crippen molar-refractivity contribution in [3.63, 3.8) is 0 Å². The molecule has 0 bridgehead atoms. The summed E-state index contributed by atoms with van der Waals surface area (Å²) >= 11 is 0. The van der Waals surface area contributed by atoms with Crippen molar-refractivity contribution in [1.82, 2.24) is 5.32 Å². The molecule has 3 heteroatoms. The SMILES string of the molecule is N#CC1(C#N)CCCC2NC3CCCCC3CC21. The second kappa shape index (κ2) is 4.56. The molecule has 3 aliphatic rings. The number of nitrogens with zero attached hydrogens (tertiary/aromatic N) is 2. The van der Waals surface area contributed by atoms with E-state index >= 15 is 0 Å². The maximum Gasteiger partial charge on any atom is 0.148 e. The quantitative estimate of drug-likeness (QED) is 0.711. The van der Waals surface area contributed by atoms with Crippen LogP contribution >= 0.6 is 0 Å². The Balaban J connectivity index is 1.85. The van der Waals surface area contributed by atoms with Crippen molar-refractivity contribution in [3.05, 3.63) is 0 Å². The van der Waals surface area contributed by atoms with Gasteiger partial charge < -0.3 is 5.32 Å². The Kier molecular flexibility index (Phi) is 3.04. The van der Waals surface area contributed by atoms with Crippen molar-refractivity contribution in [3.8, 4) is 12.1 Å². The van der Waals surface area contributed by atoms with Crippen LogP contribution in [0.3, 0.4) is 0 Å². The maximum atomic E-state index is 9.48. The van der Waals surface area contributed by atoms with Gasteiger partial charge in [0.05, 0.1) is 12.1 Å². The Morgan fingerprint density at radius 1 is 0.944 bits per heavy atom. The molecule has 1 aliphatic heterocycles. The Morgan fingerprint density at radius 3 is 2.44 bits per heavy atom. The van der Waals surface area contributed by atoms with Gasteiger partial charge in [0.15, 0.2) is 0 Å². The molecule has 96 valence electrons. The van der Waals surface area contributed by atoms with Gasteiger partial charge in [0.1, 0.15) is 5.41 Å². The third kappa shape index (κ3) is 1.73. The van der Waals surface area contributed by atoms with Crippen LogP contribution in [0, 0.1) is 39.9 Å². The van der Waals surface area contributed by atoms with Crippen molar-refractivity contribution in [2.45, 2.75) is 63.5 Å². The van der Waals surface area contributed by atoms with Gasteiger partial charge in [-0.1, -0.05) is 12.8 Å². The molecule has 4 unspecified atom stereocenters. The summed E-state index contributed by atoms with van der Waals surface area (Å²) in [4.78, 5) is 0. The lowest BCUT2D eigenvalue weighted by molar-refractivity contribution is 0.0491. The average molecular weight is 243 g/mol. The summed E-state index contributed by atoms with van der Waals surface area (Å²) in [6.07, 6.45) is 9.29. The predicted octanol–water partition coefficient (Wildman–Crippen LogP) is 2.74. The van der Waals surface area contributed by atoms with Crippen LogP contribution in [0.4, 0.5) is 0 Å². The fourth-order valence-electron chi connectivity index (χ4n) is 4.51. The van der Waals surface area contributed by atoms with Gasteiger partial charge in [-0.2, -0.15) is 10.5 Å². The monoisotopic (exact) mass is 243 g/mol. The van der Waals surface area contributed by atoms with Crippen LogP contribution in [-0.2, 0) is 0 Å². The fraction of sp³-hybridized carbons (Fsp3) is 0.867. The normalized spacial score (nSPS) is 41.9. The van der Waals surface area contributed by atoms with E-state index in [1.54, 1.807) is 0 Å². The van der Waals surface area contributed by atoms with Crippen LogP contribution in [0.25, 0.3) is 0 Å². The molecular formula is C15H21N3. The molecule has 1 N–H and O–H groups in total. The van der Waals surface area contributed by atoms with E-state index in [9.17, 15) is 10.5 Å². The standard InChI is InChI=1S/C15H21N3/c16-9-15(10-17)7-3-6-14-12(15)8-11-4-1-2-5-13(11)18-14/h11-14,18H,1-8H2. The van der Waals surface area contributed by atoms with Gasteiger partial charge in [0, 0.05) is 18.0 Å². The summed E-state index contributed by atoms with van der Waals surface area (Å²) in [7, 11) is 0. The van der Waals surface area contributed by atoms with Crippen molar-refractivity contribution >= 4 is 0 Å². The highest BCUT2D eigenvalue weighted by Crippen LogP contribution is 2.48. The van der Waals surface area contributed by atoms with E-state index in [0.717, 1.165) is 25.7 Å². The highest BCUT2D eigenvalue weighted by atomic mass is 15.0. The molecule has 1 saturated heterocycles. The number of fused-ring (bicyclic) bond motifs is 2. The first kappa shape index (κ1) is 12.0. The Labute approximate surface area is 109 Å². The number of rotatable bonds is 0. The molecular weight excluding hydrogens is 222 g/mol. The van der Waals surface area contributed by atoms with Crippen LogP contribution < -0.4 is 5.32 Å². The lowest BCUT2D eigenvalue weighted by Gasteiger charge is -2.50. The number of hydrogen-bond donors (Lipinski definition) is 1. The smallest absolute Gasteiger partial charge is 0.148 e. The van der Waals surface area contributed by atoms with Crippen LogP contribution in [0.1, 0.15) is 51.4 Å². The van der Waals surface area contributed by atoms with E-state index in [2.05, 4.69) is 17.5 Å². The molecule has 3 nitrogen and oxygen atoms in total. The van der Waals surface area contributed by atoms with Crippen LogP contribution in [0.5, 0.6) is 0 Å². The van der Waals surface area contributed by atoms with Crippen LogP contribution in [0.15, 0.2) is 0 Å². The molecule has 3 rings (SSSR count). The molecule has 0 amide bonds. The Hall–Kier alpha value is -1.06. The maximum absolute atomic E-state index is 9.48. The fourth-order valence-corrected chi connectivity index (χ4v) is 4.51. The molecule has 2 saturated carbocycles. The molecule has 0 spiro atoms. The summed E-state index contributed by atoms with van der Waals surface area (Å²) in [6.45, 7) is 0. The van der Waals surface area contributed by atoms with E-state index in [1.807, 2.05) is 0 Å². The summed E-state index contributed by atoms with van der Waals surface area (Å²) in [5.74, 6) is 0.972. The van der Waals surface area contributed by atoms with E-state index in [0.29, 0.717) is 18.0 Å². The van der Waals surface area contributed by atoms with Gasteiger partial charge in [0.2, 0.25) is 0 Å². The lowest BCUT2D eigenvalue weighted by Crippen LogP contribution is -2.58. The van der Waals surface area contributed by atoms with Crippen molar-refractivity contribution in [2.75, 3.05) is 0 Å². The molecule has 2 aliphatic carbocycles. The van der Waals surface area contributed by atoms with Crippen LogP contribution in [0.2, 0.25) is 0 Å². The molecule has 1 heterocycles. The minimum Gasteiger partial charge on any atom is -0.311 e. The van der Waals surface area contributed by atoms with Gasteiger partial charge >= 0.3 is 0 Å². The van der Waals surface area contributed by atoms with Crippen LogP contribution in [-0.4, -0.2) is 12.1 Å². The van der Waals surface area contributed by atoms with Gasteiger partial charge in [-0.3, -0.25) is 0 Å². The Bertz CT molecular complexity index is 389. The number of nitrogens with one attached hydrogen (secondary N) is 1. The zero-order valence-electron chi connectivity index (χ0n) is 10.9. The van der Waals surface area contributed by atoms with Crippen molar-refractivity contribution < 1.29 is 0 Å². The van der Waals surface area contributed by atoms with E-state index in [4.69, 9.17) is 0 Å². The number of hydrogen-bond acceptors (Lipinski definition) is 3. The summed E-state index contributed by atoms with van der Waals surface area (Å²) in [6, 6.07) is 5.80. The van der Waals surface area contributed by atoms with Crippen molar-refractivity contribution in [1.29, 1.82) is 10.5 Å². The minimum atomic E-state index is -0.710. The third-order valence-electron chi connectivity index (χ3n) is 5.50. The van der Waals surface area contributed by atoms with Gasteiger partial charge in [-0.05, 0) is 44.4 Å². The average Bonchev–Trinajstić information content (AvgIpc) is 2.44. The molecule has 0 aromatic carbocycles. The molecule has 0 aromatic rings. The second-order valence-corrected chi connectivity index (χ2v) is 6.35. The summed E-state index contributed by atoms with van der Waals surface area (Å²) < 4.78 is 0. The van der Waals surface area contributed by atoms with Gasteiger partial charge in [-0.25, -0.2) is 0 Å². The van der Waals surface area contributed by atoms with E-state index in [-0.39, 0.29) is 5.92 Å². The molecule has 0 aromatic heterocycles. The first-order valence-electron chi connectivity index (χ1n) is 7.37. The second-order valence-electron chi connectivity index (χ2n) is 6.35. The molecule has 18 heavy (non-hydrogen) atoms. The minimum absolute atomic E-state index is 0.264. The lowest BCUT2D eigenvalue weighted by atomic mass is 9.59. The number of nitriles is 2. The zero-order valence-corrected chi connectivity index (χ0v) is 10.9. The molecule has 4 atom stereocenters. The largest absolute Gasteiger partial charge is 0.311 e. The first-order valence-corrected chi connectivity index (χ1v) is 7.37.